The van der Waals surface area contributed by atoms with Crippen LogP contribution >= 0.6 is 11.6 Å². The third-order valence-corrected chi connectivity index (χ3v) is 2.35. The van der Waals surface area contributed by atoms with Crippen molar-refractivity contribution in [2.45, 2.75) is 0 Å². The maximum Gasteiger partial charge on any atom is 0.262 e. The second-order valence-corrected chi connectivity index (χ2v) is 3.97. The van der Waals surface area contributed by atoms with Gasteiger partial charge in [-0.15, -0.1) is 0 Å². The van der Waals surface area contributed by atoms with Gasteiger partial charge in [-0.2, -0.15) is 0 Å². The number of pyridine rings is 1. The molecule has 0 aliphatic heterocycles. The topological polar surface area (TPSA) is 51.2 Å². The predicted octanol–water partition coefficient (Wildman–Crippen LogP) is 2.75. The van der Waals surface area contributed by atoms with E-state index < -0.39 is 0 Å². The molecule has 0 spiro atoms. The SMILES string of the molecule is O=C(COc1cccc(Cl)c1)Nc1cccnc1. The number of hydrogen-bond donors (Lipinski definition) is 1. The number of nitrogens with one attached hydrogen (secondary N) is 1. The van der Waals surface area contributed by atoms with Crippen LogP contribution < -0.4 is 10.1 Å². The molecule has 1 amide bonds. The van der Waals surface area contributed by atoms with Crippen molar-refractivity contribution in [2.24, 2.45) is 0 Å². The van der Waals surface area contributed by atoms with Gasteiger partial charge in [0.25, 0.3) is 5.91 Å². The molecular formula is C13H11ClN2O2. The van der Waals surface area contributed by atoms with E-state index in [0.717, 1.165) is 0 Å². The Morgan fingerprint density at radius 1 is 1.33 bits per heavy atom. The van der Waals surface area contributed by atoms with Gasteiger partial charge in [0.2, 0.25) is 0 Å². The fraction of sp³-hybridized carbons (Fsp3) is 0.0769. The summed E-state index contributed by atoms with van der Waals surface area (Å²) in [7, 11) is 0. The molecule has 0 aliphatic carbocycles. The largest absolute Gasteiger partial charge is 0.484 e. The molecule has 1 N–H and O–H groups in total. The number of aromatic nitrogens is 1. The van der Waals surface area contributed by atoms with E-state index in [4.69, 9.17) is 16.3 Å². The summed E-state index contributed by atoms with van der Waals surface area (Å²) < 4.78 is 5.30. The number of rotatable bonds is 4. The number of hydrogen-bond acceptors (Lipinski definition) is 3. The lowest BCUT2D eigenvalue weighted by atomic mass is 10.3. The molecule has 5 heteroatoms. The highest BCUT2D eigenvalue weighted by Gasteiger charge is 2.03. The Hall–Kier alpha value is -2.07. The second kappa shape index (κ2) is 6.02. The Morgan fingerprint density at radius 3 is 2.94 bits per heavy atom. The van der Waals surface area contributed by atoms with Gasteiger partial charge in [0.05, 0.1) is 11.9 Å². The number of benzene rings is 1. The van der Waals surface area contributed by atoms with Crippen LogP contribution in [-0.4, -0.2) is 17.5 Å². The van der Waals surface area contributed by atoms with Gasteiger partial charge < -0.3 is 10.1 Å². The summed E-state index contributed by atoms with van der Waals surface area (Å²) in [5, 5.41) is 3.24. The van der Waals surface area contributed by atoms with Crippen molar-refractivity contribution < 1.29 is 9.53 Å². The maximum atomic E-state index is 11.6. The quantitative estimate of drug-likeness (QED) is 0.922. The molecule has 0 saturated carbocycles. The van der Waals surface area contributed by atoms with Gasteiger partial charge in [-0.05, 0) is 30.3 Å². The van der Waals surface area contributed by atoms with Crippen LogP contribution in [0.5, 0.6) is 5.75 Å². The van der Waals surface area contributed by atoms with Gasteiger partial charge in [0, 0.05) is 11.2 Å². The molecule has 0 saturated heterocycles. The lowest BCUT2D eigenvalue weighted by Crippen LogP contribution is -2.20. The van der Waals surface area contributed by atoms with Gasteiger partial charge in [-0.3, -0.25) is 9.78 Å². The third-order valence-electron chi connectivity index (χ3n) is 2.11. The minimum absolute atomic E-state index is 0.0742. The Kier molecular flexibility index (Phi) is 4.15. The summed E-state index contributed by atoms with van der Waals surface area (Å²) in [6, 6.07) is 10.4. The van der Waals surface area contributed by atoms with Crippen LogP contribution in [0.1, 0.15) is 0 Å². The lowest BCUT2D eigenvalue weighted by molar-refractivity contribution is -0.118. The first-order valence-corrected chi connectivity index (χ1v) is 5.70. The molecule has 2 aromatic rings. The van der Waals surface area contributed by atoms with Gasteiger partial charge in [0.1, 0.15) is 5.75 Å². The maximum absolute atomic E-state index is 11.6. The van der Waals surface area contributed by atoms with Gasteiger partial charge in [-0.1, -0.05) is 17.7 Å². The fourth-order valence-corrected chi connectivity index (χ4v) is 1.52. The minimum Gasteiger partial charge on any atom is -0.484 e. The van der Waals surface area contributed by atoms with Crippen LogP contribution in [0, 0.1) is 0 Å². The van der Waals surface area contributed by atoms with Crippen molar-refractivity contribution >= 4 is 23.2 Å². The van der Waals surface area contributed by atoms with Crippen LogP contribution in [0.4, 0.5) is 5.69 Å². The van der Waals surface area contributed by atoms with E-state index in [0.29, 0.717) is 16.5 Å². The summed E-state index contributed by atoms with van der Waals surface area (Å²) >= 11 is 5.80. The van der Waals surface area contributed by atoms with Gasteiger partial charge >= 0.3 is 0 Å². The van der Waals surface area contributed by atoms with E-state index in [-0.39, 0.29) is 12.5 Å². The standard InChI is InChI=1S/C13H11ClN2O2/c14-10-3-1-5-12(7-10)18-9-13(17)16-11-4-2-6-15-8-11/h1-8H,9H2,(H,16,17). The van der Waals surface area contributed by atoms with E-state index in [2.05, 4.69) is 10.3 Å². The van der Waals surface area contributed by atoms with Crippen LogP contribution in [0.15, 0.2) is 48.8 Å². The van der Waals surface area contributed by atoms with Crippen LogP contribution in [-0.2, 0) is 4.79 Å². The van der Waals surface area contributed by atoms with Crippen molar-refractivity contribution in [1.29, 1.82) is 0 Å². The molecule has 1 heterocycles. The van der Waals surface area contributed by atoms with E-state index in [9.17, 15) is 4.79 Å². The lowest BCUT2D eigenvalue weighted by Gasteiger charge is -2.07. The van der Waals surface area contributed by atoms with Crippen molar-refractivity contribution in [1.82, 2.24) is 4.98 Å². The van der Waals surface area contributed by atoms with Crippen LogP contribution in [0.2, 0.25) is 5.02 Å². The van der Waals surface area contributed by atoms with Gasteiger partial charge in [-0.25, -0.2) is 0 Å². The summed E-state index contributed by atoms with van der Waals surface area (Å²) in [6.07, 6.45) is 3.20. The highest BCUT2D eigenvalue weighted by Crippen LogP contribution is 2.16. The van der Waals surface area contributed by atoms with Crippen molar-refractivity contribution in [2.75, 3.05) is 11.9 Å². The summed E-state index contributed by atoms with van der Waals surface area (Å²) in [4.78, 5) is 15.5. The molecule has 0 bridgehead atoms. The van der Waals surface area contributed by atoms with Crippen molar-refractivity contribution in [3.05, 3.63) is 53.8 Å². The zero-order chi connectivity index (χ0) is 12.8. The smallest absolute Gasteiger partial charge is 0.262 e. The fourth-order valence-electron chi connectivity index (χ4n) is 1.34. The molecular weight excluding hydrogens is 252 g/mol. The summed E-state index contributed by atoms with van der Waals surface area (Å²) in [5.41, 5.74) is 0.636. The molecule has 1 aromatic heterocycles. The van der Waals surface area contributed by atoms with E-state index >= 15 is 0 Å². The minimum atomic E-state index is -0.247. The second-order valence-electron chi connectivity index (χ2n) is 3.54. The molecule has 0 atom stereocenters. The first kappa shape index (κ1) is 12.4. The van der Waals surface area contributed by atoms with E-state index in [1.165, 1.54) is 0 Å². The van der Waals surface area contributed by atoms with Crippen LogP contribution in [0.3, 0.4) is 0 Å². The number of ether oxygens (including phenoxy) is 1. The molecule has 1 aromatic carbocycles. The first-order valence-electron chi connectivity index (χ1n) is 5.32. The molecule has 4 nitrogen and oxygen atoms in total. The zero-order valence-electron chi connectivity index (χ0n) is 9.47. The molecule has 2 rings (SSSR count). The van der Waals surface area contributed by atoms with Gasteiger partial charge in [0.15, 0.2) is 6.61 Å². The average molecular weight is 263 g/mol. The number of halogens is 1. The van der Waals surface area contributed by atoms with E-state index in [1.807, 2.05) is 0 Å². The molecule has 92 valence electrons. The third kappa shape index (κ3) is 3.75. The van der Waals surface area contributed by atoms with Crippen molar-refractivity contribution in [3.8, 4) is 5.75 Å². The molecule has 0 fully saturated rings. The Bertz CT molecular complexity index is 532. The normalized spacial score (nSPS) is 9.83. The molecule has 18 heavy (non-hydrogen) atoms. The molecule has 0 radical (unpaired) electrons. The monoisotopic (exact) mass is 262 g/mol. The Balaban J connectivity index is 1.85. The Morgan fingerprint density at radius 2 is 2.22 bits per heavy atom. The van der Waals surface area contributed by atoms with Crippen molar-refractivity contribution in [3.63, 3.8) is 0 Å². The van der Waals surface area contributed by atoms with E-state index in [1.54, 1.807) is 48.8 Å². The number of anilines is 1. The van der Waals surface area contributed by atoms with Crippen LogP contribution in [0.25, 0.3) is 0 Å². The highest BCUT2D eigenvalue weighted by molar-refractivity contribution is 6.30. The first-order chi connectivity index (χ1) is 8.74. The average Bonchev–Trinajstić information content (AvgIpc) is 2.38. The Labute approximate surface area is 110 Å². The zero-order valence-corrected chi connectivity index (χ0v) is 10.2. The number of nitrogens with zero attached hydrogens (tertiary/aromatic N) is 1. The summed E-state index contributed by atoms with van der Waals surface area (Å²) in [5.74, 6) is 0.312. The molecule has 0 unspecified atom stereocenters. The highest BCUT2D eigenvalue weighted by atomic mass is 35.5. The summed E-state index contributed by atoms with van der Waals surface area (Å²) in [6.45, 7) is -0.0742. The molecule has 0 aliphatic rings. The number of carbonyl (C=O) groups excluding carboxylic acids is 1. The predicted molar refractivity (Wildman–Crippen MR) is 69.8 cm³/mol. The number of amides is 1. The number of carbonyl (C=O) groups is 1.